The molecule has 0 saturated heterocycles. The van der Waals surface area contributed by atoms with E-state index in [9.17, 15) is 5.11 Å². The highest BCUT2D eigenvalue weighted by Gasteiger charge is 2.17. The van der Waals surface area contributed by atoms with Gasteiger partial charge in [0.15, 0.2) is 15.2 Å². The Morgan fingerprint density at radius 2 is 1.12 bits per heavy atom. The Morgan fingerprint density at radius 3 is 1.55 bits per heavy atom. The first-order valence-corrected chi connectivity index (χ1v) is 22.4. The Kier molecular flexibility index (Phi) is 12.8. The molecular weight excluding hydrogens is 803 g/mol. The van der Waals surface area contributed by atoms with Crippen molar-refractivity contribution in [2.45, 2.75) is 46.7 Å². The van der Waals surface area contributed by atoms with E-state index in [0.29, 0.717) is 45.6 Å². The zero-order chi connectivity index (χ0) is 39.2. The Balaban J connectivity index is 1.27. The maximum absolute atomic E-state index is 9.70. The van der Waals surface area contributed by atoms with Crippen LogP contribution >= 0.6 is 57.5 Å². The number of azo groups is 2. The quantitative estimate of drug-likeness (QED) is 0.0590. The predicted octanol–water partition coefficient (Wildman–Crippen LogP) is 11.9. The molecule has 5 heterocycles. The van der Waals surface area contributed by atoms with E-state index in [-0.39, 0.29) is 6.61 Å². The lowest BCUT2D eigenvalue weighted by molar-refractivity contribution is 0.322. The van der Waals surface area contributed by atoms with Gasteiger partial charge in [0.1, 0.15) is 21.0 Å². The van der Waals surface area contributed by atoms with Crippen LogP contribution in [0, 0.1) is 13.8 Å². The minimum atomic E-state index is -0.0301. The topological polar surface area (TPSA) is 165 Å². The fraction of sp³-hybridized carbons (Fsp3) is 0.324. The summed E-state index contributed by atoms with van der Waals surface area (Å²) in [7, 11) is 0. The zero-order valence-electron chi connectivity index (χ0n) is 31.8. The lowest BCUT2D eigenvalue weighted by Crippen LogP contribution is -2.21. The van der Waals surface area contributed by atoms with E-state index in [1.165, 1.54) is 34.8 Å². The summed E-state index contributed by atoms with van der Waals surface area (Å²) in [5, 5.41) is 43.5. The van der Waals surface area contributed by atoms with Gasteiger partial charge in [-0.3, -0.25) is 0 Å². The number of hydrogen-bond acceptors (Lipinski definition) is 19. The van der Waals surface area contributed by atoms with E-state index in [2.05, 4.69) is 91.7 Å². The van der Waals surface area contributed by atoms with Crippen LogP contribution in [0.25, 0.3) is 20.4 Å². The zero-order valence-corrected chi connectivity index (χ0v) is 35.9. The molecule has 5 aromatic heterocycles. The van der Waals surface area contributed by atoms with Gasteiger partial charge in [-0.25, -0.2) is 0 Å². The lowest BCUT2D eigenvalue weighted by Gasteiger charge is -2.22. The predicted molar refractivity (Wildman–Crippen MR) is 237 cm³/mol. The number of thioether (sulfide) groups is 1. The minimum absolute atomic E-state index is 0.0301. The Labute approximate surface area is 345 Å². The summed E-state index contributed by atoms with van der Waals surface area (Å²) in [6, 6.07) is 12.1. The van der Waals surface area contributed by atoms with Gasteiger partial charge in [-0.1, -0.05) is 11.8 Å². The molecule has 0 aliphatic heterocycles. The van der Waals surface area contributed by atoms with E-state index < -0.39 is 0 Å². The van der Waals surface area contributed by atoms with Gasteiger partial charge in [-0.15, -0.1) is 43.1 Å². The number of anilines is 6. The third-order valence-corrected chi connectivity index (χ3v) is 13.4. The number of benzene rings is 2. The summed E-state index contributed by atoms with van der Waals surface area (Å²) < 4.78 is 9.12. The molecule has 0 fully saturated rings. The molecule has 0 aliphatic carbocycles. The second kappa shape index (κ2) is 18.1. The van der Waals surface area contributed by atoms with Crippen molar-refractivity contribution in [1.82, 2.24) is 23.7 Å². The van der Waals surface area contributed by atoms with Crippen molar-refractivity contribution in [1.29, 1.82) is 0 Å². The van der Waals surface area contributed by atoms with Gasteiger partial charge in [0, 0.05) is 43.3 Å². The van der Waals surface area contributed by atoms with E-state index >= 15 is 0 Å². The number of hydrogen-bond donors (Lipinski definition) is 3. The number of aryl methyl sites for hydroxylation is 2. The Hall–Kier alpha value is -4.66. The Bertz CT molecular complexity index is 2330. The molecule has 2 aromatic carbocycles. The molecule has 290 valence electrons. The summed E-state index contributed by atoms with van der Waals surface area (Å²) in [4.78, 5) is 20.8. The number of aliphatic hydroxyl groups is 1. The molecule has 3 N–H and O–H groups in total. The molecule has 0 saturated carbocycles. The van der Waals surface area contributed by atoms with Crippen LogP contribution in [0.1, 0.15) is 38.8 Å². The molecule has 0 aliphatic rings. The van der Waals surface area contributed by atoms with E-state index in [1.54, 1.807) is 22.7 Å². The van der Waals surface area contributed by atoms with E-state index in [1.807, 2.05) is 36.4 Å². The standard InChI is InChI=1S/C37H41N13OS5/c1-7-49(8-2)23-11-13-25(43-45-31-29-21(5)19-53-33(29)47-55-31)27(17-23)38-35-40-36(42-37(41-35)52-16-15-51)39-28-18-24(50(9-3)10-4)12-14-26(28)44-46-32-30-22(6)20-54-34(30)48-56-32/h11-14,17-20,51H,7-10,15-16H2,1-6H3,(H2,38,39,40,41,42)/b45-43+,46-44+. The molecule has 0 spiro atoms. The number of aliphatic hydroxyl groups excluding tert-OH is 1. The highest BCUT2D eigenvalue weighted by Crippen LogP contribution is 2.41. The van der Waals surface area contributed by atoms with Crippen LogP contribution in [0.2, 0.25) is 0 Å². The molecule has 7 aromatic rings. The number of fused-ring (bicyclic) bond motifs is 2. The van der Waals surface area contributed by atoms with Gasteiger partial charge >= 0.3 is 0 Å². The highest BCUT2D eigenvalue weighted by atomic mass is 32.2. The van der Waals surface area contributed by atoms with Crippen molar-refractivity contribution in [2.75, 3.05) is 59.0 Å². The third kappa shape index (κ3) is 8.67. The summed E-state index contributed by atoms with van der Waals surface area (Å²) in [5.74, 6) is 1.01. The van der Waals surface area contributed by atoms with Gasteiger partial charge in [0.2, 0.25) is 11.9 Å². The summed E-state index contributed by atoms with van der Waals surface area (Å²) >= 11 is 7.22. The first kappa shape index (κ1) is 39.6. The molecule has 7 rings (SSSR count). The molecule has 0 atom stereocenters. The molecule has 0 amide bonds. The number of rotatable bonds is 17. The molecular formula is C37H41N13OS5. The lowest BCUT2D eigenvalue weighted by atomic mass is 10.2. The maximum atomic E-state index is 9.70. The van der Waals surface area contributed by atoms with Crippen LogP contribution in [0.5, 0.6) is 0 Å². The Morgan fingerprint density at radius 1 is 0.661 bits per heavy atom. The SMILES string of the molecule is CCN(CC)c1ccc(/N=N/c2snc3scc(C)c23)c(Nc2nc(Nc3cc(N(CC)CC)ccc3/N=N/c3snc4scc(C)c34)nc(SCCO)n2)c1. The average Bonchev–Trinajstić information content (AvgIpc) is 3.99. The molecule has 0 unspecified atom stereocenters. The van der Waals surface area contributed by atoms with Crippen molar-refractivity contribution in [3.05, 3.63) is 58.3 Å². The molecule has 0 radical (unpaired) electrons. The maximum Gasteiger partial charge on any atom is 0.233 e. The summed E-state index contributed by atoms with van der Waals surface area (Å²) in [6.45, 7) is 15.9. The number of nitrogens with zero attached hydrogens (tertiary/aromatic N) is 11. The van der Waals surface area contributed by atoms with E-state index in [4.69, 9.17) is 25.2 Å². The van der Waals surface area contributed by atoms with Crippen molar-refractivity contribution in [3.63, 3.8) is 0 Å². The van der Waals surface area contributed by atoms with Gasteiger partial charge in [0.25, 0.3) is 0 Å². The molecule has 14 nitrogen and oxygen atoms in total. The average molecular weight is 844 g/mol. The van der Waals surface area contributed by atoms with Gasteiger partial charge in [-0.05, 0) is 123 Å². The van der Waals surface area contributed by atoms with Crippen LogP contribution < -0.4 is 20.4 Å². The van der Waals surface area contributed by atoms with Crippen LogP contribution in [0.15, 0.2) is 72.8 Å². The third-order valence-electron chi connectivity index (χ3n) is 8.91. The van der Waals surface area contributed by atoms with Crippen LogP contribution in [-0.2, 0) is 0 Å². The van der Waals surface area contributed by atoms with Crippen LogP contribution in [-0.4, -0.2) is 67.3 Å². The highest BCUT2D eigenvalue weighted by molar-refractivity contribution is 7.99. The van der Waals surface area contributed by atoms with Crippen LogP contribution in [0.4, 0.5) is 56.0 Å². The first-order valence-electron chi connectivity index (χ1n) is 18.1. The monoisotopic (exact) mass is 843 g/mol. The fourth-order valence-corrected chi connectivity index (χ4v) is 10.2. The first-order chi connectivity index (χ1) is 27.3. The largest absolute Gasteiger partial charge is 0.396 e. The molecule has 0 bridgehead atoms. The second-order valence-corrected chi connectivity index (χ2v) is 16.7. The van der Waals surface area contributed by atoms with E-state index in [0.717, 1.165) is 79.1 Å². The van der Waals surface area contributed by atoms with Crippen molar-refractivity contribution in [2.24, 2.45) is 20.5 Å². The normalized spacial score (nSPS) is 11.8. The summed E-state index contributed by atoms with van der Waals surface area (Å²) in [5.41, 5.74) is 6.88. The van der Waals surface area contributed by atoms with Crippen molar-refractivity contribution >= 4 is 134 Å². The summed E-state index contributed by atoms with van der Waals surface area (Å²) in [6.07, 6.45) is 0. The number of nitrogens with one attached hydrogen (secondary N) is 2. The second-order valence-electron chi connectivity index (χ2n) is 12.4. The van der Waals surface area contributed by atoms with Gasteiger partial charge < -0.3 is 25.5 Å². The van der Waals surface area contributed by atoms with Crippen molar-refractivity contribution in [3.8, 4) is 0 Å². The fourth-order valence-electron chi connectivity index (χ4n) is 6.02. The molecule has 19 heteroatoms. The van der Waals surface area contributed by atoms with Gasteiger partial charge in [0.05, 0.1) is 28.8 Å². The van der Waals surface area contributed by atoms with Crippen molar-refractivity contribution < 1.29 is 5.11 Å². The minimum Gasteiger partial charge on any atom is -0.396 e. The van der Waals surface area contributed by atoms with Crippen LogP contribution in [0.3, 0.4) is 0 Å². The number of thiophene rings is 2. The van der Waals surface area contributed by atoms with Gasteiger partial charge in [-0.2, -0.15) is 23.7 Å². The smallest absolute Gasteiger partial charge is 0.233 e. The molecule has 56 heavy (non-hydrogen) atoms. The number of aromatic nitrogens is 5.